The lowest BCUT2D eigenvalue weighted by Crippen LogP contribution is -2.66. The van der Waals surface area contributed by atoms with Crippen molar-refractivity contribution in [3.8, 4) is 0 Å². The summed E-state index contributed by atoms with van der Waals surface area (Å²) in [5.41, 5.74) is 3.81. The Hall–Kier alpha value is -4.46. The quantitative estimate of drug-likeness (QED) is 0.136. The van der Waals surface area contributed by atoms with Crippen molar-refractivity contribution in [2.24, 2.45) is 0 Å². The highest BCUT2D eigenvalue weighted by Crippen LogP contribution is 2.36. The van der Waals surface area contributed by atoms with Gasteiger partial charge in [-0.25, -0.2) is 0 Å². The van der Waals surface area contributed by atoms with Crippen LogP contribution in [0.2, 0.25) is 0 Å². The van der Waals surface area contributed by atoms with E-state index in [0.29, 0.717) is 0 Å². The highest BCUT2D eigenvalue weighted by molar-refractivity contribution is 7.15. The minimum atomic E-state index is -2.45. The summed E-state index contributed by atoms with van der Waals surface area (Å²) in [5, 5.41) is 12.1. The van der Waals surface area contributed by atoms with E-state index in [4.69, 9.17) is 0 Å². The summed E-state index contributed by atoms with van der Waals surface area (Å²) in [6.07, 6.45) is 2.39. The average molecular weight is 487 g/mol. The van der Waals surface area contributed by atoms with Crippen LogP contribution in [0.5, 0.6) is 0 Å². The second-order valence-corrected chi connectivity index (χ2v) is 13.4. The predicted molar refractivity (Wildman–Crippen MR) is 163 cm³/mol. The molecule has 0 amide bonds. The first-order valence-electron chi connectivity index (χ1n) is 12.9. The van der Waals surface area contributed by atoms with E-state index in [-0.39, 0.29) is 0 Å². The van der Waals surface area contributed by atoms with E-state index in [1.54, 1.807) is 0 Å². The first kappa shape index (κ1) is 21.8. The predicted octanol–water partition coefficient (Wildman–Crippen LogP) is 7.31. The summed E-state index contributed by atoms with van der Waals surface area (Å²) in [6.45, 7) is 0. The lowest BCUT2D eigenvalue weighted by atomic mass is 9.92. The molecule has 0 aliphatic heterocycles. The molecule has 0 heterocycles. The molecule has 0 N–H and O–H groups in total. The minimum Gasteiger partial charge on any atom is -0.0812 e. The molecule has 0 saturated carbocycles. The molecular weight excluding hydrogens is 460 g/mol. The van der Waals surface area contributed by atoms with Crippen molar-refractivity contribution in [2.75, 3.05) is 0 Å². The smallest absolute Gasteiger partial charge is 0.0812 e. The van der Waals surface area contributed by atoms with Gasteiger partial charge in [0.25, 0.3) is 0 Å². The van der Waals surface area contributed by atoms with Gasteiger partial charge in [0.1, 0.15) is 0 Å². The van der Waals surface area contributed by atoms with Crippen molar-refractivity contribution in [1.82, 2.24) is 0 Å². The molecule has 7 aromatic rings. The second-order valence-electron chi connectivity index (χ2n) is 9.75. The third-order valence-corrected chi connectivity index (χ3v) is 12.2. The van der Waals surface area contributed by atoms with Gasteiger partial charge in [0.15, 0.2) is 8.07 Å². The molecule has 0 aliphatic rings. The van der Waals surface area contributed by atoms with Crippen LogP contribution in [0.3, 0.4) is 0 Å². The van der Waals surface area contributed by atoms with E-state index < -0.39 is 8.07 Å². The summed E-state index contributed by atoms with van der Waals surface area (Å²) in [5.74, 6) is 0. The molecule has 37 heavy (non-hydrogen) atoms. The standard InChI is InChI=1S/C36H26Si/c1-4-13-31(14-5-1)37(32-15-6-2-7-16-32,33-17-8-3-9-18-33)26-25-27-19-20-30-22-21-28-11-10-12-29-23-24-34(27)36(30)35(28)29/h1-26H. The van der Waals surface area contributed by atoms with Crippen molar-refractivity contribution in [3.63, 3.8) is 0 Å². The molecule has 0 saturated heterocycles. The molecule has 0 bridgehead atoms. The van der Waals surface area contributed by atoms with Crippen molar-refractivity contribution >= 4 is 62.0 Å². The fourth-order valence-corrected chi connectivity index (χ4v) is 10.2. The molecule has 0 fully saturated rings. The topological polar surface area (TPSA) is 0 Å². The van der Waals surface area contributed by atoms with Crippen LogP contribution in [0.1, 0.15) is 5.56 Å². The van der Waals surface area contributed by atoms with Crippen LogP contribution in [-0.4, -0.2) is 8.07 Å². The van der Waals surface area contributed by atoms with Crippen LogP contribution in [0.15, 0.2) is 151 Å². The summed E-state index contributed by atoms with van der Waals surface area (Å²) in [7, 11) is -2.45. The first-order valence-corrected chi connectivity index (χ1v) is 14.9. The van der Waals surface area contributed by atoms with Gasteiger partial charge in [-0.3, -0.25) is 0 Å². The summed E-state index contributed by atoms with van der Waals surface area (Å²) >= 11 is 0. The maximum Gasteiger partial charge on any atom is 0.172 e. The Morgan fingerprint density at radius 1 is 0.378 bits per heavy atom. The van der Waals surface area contributed by atoms with Crippen molar-refractivity contribution in [3.05, 3.63) is 157 Å². The Morgan fingerprint density at radius 3 is 1.38 bits per heavy atom. The van der Waals surface area contributed by atoms with Gasteiger partial charge < -0.3 is 0 Å². The Labute approximate surface area is 218 Å². The molecule has 174 valence electrons. The number of benzene rings is 7. The zero-order chi connectivity index (χ0) is 24.7. The monoisotopic (exact) mass is 486 g/mol. The van der Waals surface area contributed by atoms with Gasteiger partial charge in [-0.1, -0.05) is 157 Å². The van der Waals surface area contributed by atoms with Gasteiger partial charge in [-0.2, -0.15) is 0 Å². The van der Waals surface area contributed by atoms with E-state index in [0.717, 1.165) is 0 Å². The van der Waals surface area contributed by atoms with Gasteiger partial charge >= 0.3 is 0 Å². The van der Waals surface area contributed by atoms with E-state index in [1.807, 2.05) is 0 Å². The molecule has 7 rings (SSSR count). The number of hydrogen-bond donors (Lipinski definition) is 0. The Balaban J connectivity index is 1.51. The molecule has 0 aromatic heterocycles. The van der Waals surface area contributed by atoms with Crippen LogP contribution in [0.25, 0.3) is 38.4 Å². The van der Waals surface area contributed by atoms with E-state index >= 15 is 0 Å². The third-order valence-electron chi connectivity index (χ3n) is 7.76. The minimum absolute atomic E-state index is 1.27. The van der Waals surface area contributed by atoms with Crippen LogP contribution in [-0.2, 0) is 0 Å². The summed E-state index contributed by atoms with van der Waals surface area (Å²) < 4.78 is 0. The van der Waals surface area contributed by atoms with E-state index in [9.17, 15) is 0 Å². The largest absolute Gasteiger partial charge is 0.172 e. The Morgan fingerprint density at radius 2 is 0.838 bits per heavy atom. The lowest BCUT2D eigenvalue weighted by molar-refractivity contribution is 1.68. The van der Waals surface area contributed by atoms with Crippen LogP contribution >= 0.6 is 0 Å². The summed E-state index contributed by atoms with van der Waals surface area (Å²) in [4.78, 5) is 0. The zero-order valence-electron chi connectivity index (χ0n) is 20.5. The van der Waals surface area contributed by atoms with Crippen molar-refractivity contribution < 1.29 is 0 Å². The Bertz CT molecular complexity index is 1740. The maximum absolute atomic E-state index is 2.54. The average Bonchev–Trinajstić information content (AvgIpc) is 2.98. The van der Waals surface area contributed by atoms with Crippen LogP contribution < -0.4 is 15.6 Å². The van der Waals surface area contributed by atoms with Gasteiger partial charge in [0.2, 0.25) is 0 Å². The highest BCUT2D eigenvalue weighted by atomic mass is 28.3. The fourth-order valence-electron chi connectivity index (χ4n) is 6.01. The molecule has 0 atom stereocenters. The molecule has 0 nitrogen and oxygen atoms in total. The first-order chi connectivity index (χ1) is 18.3. The third kappa shape index (κ3) is 3.51. The second kappa shape index (κ2) is 8.88. The van der Waals surface area contributed by atoms with Gasteiger partial charge in [-0.15, -0.1) is 0 Å². The maximum atomic E-state index is 2.54. The van der Waals surface area contributed by atoms with Crippen LogP contribution in [0.4, 0.5) is 0 Å². The van der Waals surface area contributed by atoms with Crippen LogP contribution in [0, 0.1) is 0 Å². The Kier molecular flexibility index (Phi) is 5.23. The molecule has 7 aromatic carbocycles. The zero-order valence-corrected chi connectivity index (χ0v) is 21.5. The number of rotatable bonds is 5. The van der Waals surface area contributed by atoms with Gasteiger partial charge in [-0.05, 0) is 53.4 Å². The van der Waals surface area contributed by atoms with Crippen molar-refractivity contribution in [2.45, 2.75) is 0 Å². The van der Waals surface area contributed by atoms with E-state index in [2.05, 4.69) is 157 Å². The van der Waals surface area contributed by atoms with E-state index in [1.165, 1.54) is 53.4 Å². The van der Waals surface area contributed by atoms with Gasteiger partial charge in [0, 0.05) is 0 Å². The molecule has 0 spiro atoms. The lowest BCUT2D eigenvalue weighted by Gasteiger charge is -2.31. The van der Waals surface area contributed by atoms with Crippen molar-refractivity contribution in [1.29, 1.82) is 0 Å². The van der Waals surface area contributed by atoms with Gasteiger partial charge in [0.05, 0.1) is 0 Å². The highest BCUT2D eigenvalue weighted by Gasteiger charge is 2.36. The molecule has 1 heteroatoms. The SMILES string of the molecule is C(=C[Si](c1ccccc1)(c1ccccc1)c1ccccc1)c1ccc2ccc3cccc4ccc1c2c34. The molecule has 0 unspecified atom stereocenters. The summed E-state index contributed by atoms with van der Waals surface area (Å²) in [6, 6.07) is 53.5. The fraction of sp³-hybridized carbons (Fsp3) is 0. The molecule has 0 aliphatic carbocycles. The number of hydrogen-bond acceptors (Lipinski definition) is 0. The normalized spacial score (nSPS) is 12.2. The molecular formula is C36H26Si. The molecule has 0 radical (unpaired) electrons.